The zero-order valence-electron chi connectivity index (χ0n) is 14.2. The van der Waals surface area contributed by atoms with Gasteiger partial charge in [0, 0.05) is 21.2 Å². The van der Waals surface area contributed by atoms with Crippen LogP contribution in [0.4, 0.5) is 0 Å². The van der Waals surface area contributed by atoms with Gasteiger partial charge in [0.25, 0.3) is 5.91 Å². The Hall–Kier alpha value is -2.82. The summed E-state index contributed by atoms with van der Waals surface area (Å²) in [6.45, 7) is 0.367. The van der Waals surface area contributed by atoms with Gasteiger partial charge in [0.15, 0.2) is 0 Å². The minimum Gasteiger partial charge on any atom is -0.489 e. The van der Waals surface area contributed by atoms with Crippen LogP contribution >= 0.6 is 23.2 Å². The van der Waals surface area contributed by atoms with Crippen molar-refractivity contribution in [3.05, 3.63) is 99.5 Å². The predicted octanol–water partition coefficient (Wildman–Crippen LogP) is 5.34. The van der Waals surface area contributed by atoms with E-state index < -0.39 is 0 Å². The maximum Gasteiger partial charge on any atom is 0.271 e. The molecule has 3 aromatic rings. The quantitative estimate of drug-likeness (QED) is 0.450. The molecule has 0 spiro atoms. The van der Waals surface area contributed by atoms with Gasteiger partial charge < -0.3 is 4.74 Å². The third-order valence-corrected chi connectivity index (χ3v) is 4.28. The lowest BCUT2D eigenvalue weighted by molar-refractivity contribution is 0.0955. The molecule has 0 radical (unpaired) electrons. The van der Waals surface area contributed by atoms with Gasteiger partial charge >= 0.3 is 0 Å². The number of benzene rings is 3. The summed E-state index contributed by atoms with van der Waals surface area (Å²) in [5.74, 6) is 0.347. The van der Waals surface area contributed by atoms with Crippen LogP contribution in [0.5, 0.6) is 5.75 Å². The van der Waals surface area contributed by atoms with Gasteiger partial charge in [0.05, 0.1) is 6.21 Å². The number of halogens is 2. The van der Waals surface area contributed by atoms with Crippen LogP contribution < -0.4 is 10.2 Å². The molecule has 6 heteroatoms. The molecule has 0 saturated carbocycles. The molecule has 0 bridgehead atoms. The molecular weight excluding hydrogens is 383 g/mol. The smallest absolute Gasteiger partial charge is 0.271 e. The monoisotopic (exact) mass is 398 g/mol. The van der Waals surface area contributed by atoms with Gasteiger partial charge in [-0.1, -0.05) is 59.6 Å². The molecule has 1 N–H and O–H groups in total. The molecule has 0 fully saturated rings. The third kappa shape index (κ3) is 5.58. The molecule has 0 aliphatic heterocycles. The Kier molecular flexibility index (Phi) is 6.47. The van der Waals surface area contributed by atoms with E-state index in [9.17, 15) is 4.79 Å². The Morgan fingerprint density at radius 2 is 1.81 bits per heavy atom. The maximum absolute atomic E-state index is 12.0. The van der Waals surface area contributed by atoms with E-state index in [-0.39, 0.29) is 5.91 Å². The highest BCUT2D eigenvalue weighted by molar-refractivity contribution is 6.31. The molecule has 3 aromatic carbocycles. The van der Waals surface area contributed by atoms with E-state index in [2.05, 4.69) is 10.5 Å². The fraction of sp³-hybridized carbons (Fsp3) is 0.0476. The van der Waals surface area contributed by atoms with Crippen LogP contribution in [0.15, 0.2) is 77.9 Å². The van der Waals surface area contributed by atoms with E-state index in [0.29, 0.717) is 28.0 Å². The second kappa shape index (κ2) is 9.21. The number of hydrogen-bond acceptors (Lipinski definition) is 3. The zero-order valence-corrected chi connectivity index (χ0v) is 15.7. The summed E-state index contributed by atoms with van der Waals surface area (Å²) in [7, 11) is 0. The average molecular weight is 399 g/mol. The van der Waals surface area contributed by atoms with E-state index in [1.54, 1.807) is 30.5 Å². The van der Waals surface area contributed by atoms with Crippen molar-refractivity contribution in [3.8, 4) is 5.75 Å². The first-order chi connectivity index (χ1) is 13.1. The molecule has 0 heterocycles. The number of rotatable bonds is 6. The molecule has 136 valence electrons. The van der Waals surface area contributed by atoms with Crippen LogP contribution in [0.2, 0.25) is 10.0 Å². The lowest BCUT2D eigenvalue weighted by atomic mass is 10.2. The second-order valence-corrected chi connectivity index (χ2v) is 6.51. The number of amides is 1. The normalized spacial score (nSPS) is 10.7. The topological polar surface area (TPSA) is 50.7 Å². The summed E-state index contributed by atoms with van der Waals surface area (Å²) in [5.41, 5.74) is 4.61. The van der Waals surface area contributed by atoms with Gasteiger partial charge in [-0.05, 0) is 42.0 Å². The summed E-state index contributed by atoms with van der Waals surface area (Å²) in [5, 5.41) is 5.14. The van der Waals surface area contributed by atoms with E-state index in [1.807, 2.05) is 48.5 Å². The van der Waals surface area contributed by atoms with Crippen LogP contribution in [0.25, 0.3) is 0 Å². The molecule has 27 heavy (non-hydrogen) atoms. The lowest BCUT2D eigenvalue weighted by Crippen LogP contribution is -2.17. The summed E-state index contributed by atoms with van der Waals surface area (Å²) >= 11 is 12.0. The first-order valence-electron chi connectivity index (χ1n) is 8.17. The molecular formula is C21H16Cl2N2O2. The molecule has 1 amide bonds. The number of carbonyl (C=O) groups is 1. The largest absolute Gasteiger partial charge is 0.489 e. The van der Waals surface area contributed by atoms with E-state index in [1.165, 1.54) is 0 Å². The number of nitrogens with one attached hydrogen (secondary N) is 1. The standard InChI is InChI=1S/C21H16Cl2N2O2/c22-18-8-4-7-16(12-18)21(26)25-24-13-15-5-3-9-19(11-15)27-14-17-6-1-2-10-20(17)23/h1-13H,14H2,(H,25,26)/b24-13-. The molecule has 0 aliphatic rings. The van der Waals surface area contributed by atoms with Crippen molar-refractivity contribution in [1.29, 1.82) is 0 Å². The van der Waals surface area contributed by atoms with Crippen LogP contribution in [-0.4, -0.2) is 12.1 Å². The minimum atomic E-state index is -0.333. The van der Waals surface area contributed by atoms with Gasteiger partial charge in [0.1, 0.15) is 12.4 Å². The number of hydrazone groups is 1. The van der Waals surface area contributed by atoms with Crippen molar-refractivity contribution < 1.29 is 9.53 Å². The number of ether oxygens (including phenoxy) is 1. The summed E-state index contributed by atoms with van der Waals surface area (Å²) < 4.78 is 5.78. The molecule has 0 unspecified atom stereocenters. The zero-order chi connectivity index (χ0) is 19.1. The van der Waals surface area contributed by atoms with Crippen molar-refractivity contribution in [2.24, 2.45) is 5.10 Å². The van der Waals surface area contributed by atoms with Crippen molar-refractivity contribution in [3.63, 3.8) is 0 Å². The minimum absolute atomic E-state index is 0.333. The first kappa shape index (κ1) is 19.0. The Bertz CT molecular complexity index is 974. The van der Waals surface area contributed by atoms with Crippen LogP contribution in [0.1, 0.15) is 21.5 Å². The number of carbonyl (C=O) groups excluding carboxylic acids is 1. The molecule has 0 aromatic heterocycles. The van der Waals surface area contributed by atoms with Gasteiger partial charge in [-0.15, -0.1) is 0 Å². The fourth-order valence-corrected chi connectivity index (χ4v) is 2.70. The Morgan fingerprint density at radius 3 is 2.63 bits per heavy atom. The van der Waals surface area contributed by atoms with Crippen LogP contribution in [0.3, 0.4) is 0 Å². The highest BCUT2D eigenvalue weighted by Gasteiger charge is 2.04. The van der Waals surface area contributed by atoms with Gasteiger partial charge in [-0.25, -0.2) is 5.43 Å². The maximum atomic E-state index is 12.0. The predicted molar refractivity (Wildman–Crippen MR) is 109 cm³/mol. The van der Waals surface area contributed by atoms with E-state index >= 15 is 0 Å². The third-order valence-electron chi connectivity index (χ3n) is 3.68. The summed E-state index contributed by atoms with van der Waals surface area (Å²) in [4.78, 5) is 12.0. The van der Waals surface area contributed by atoms with Crippen molar-refractivity contribution in [2.75, 3.05) is 0 Å². The fourth-order valence-electron chi connectivity index (χ4n) is 2.32. The summed E-state index contributed by atoms with van der Waals surface area (Å²) in [6, 6.07) is 21.6. The highest BCUT2D eigenvalue weighted by atomic mass is 35.5. The highest BCUT2D eigenvalue weighted by Crippen LogP contribution is 2.19. The molecule has 4 nitrogen and oxygen atoms in total. The van der Waals surface area contributed by atoms with Gasteiger partial charge in [-0.2, -0.15) is 5.10 Å². The van der Waals surface area contributed by atoms with E-state index in [4.69, 9.17) is 27.9 Å². The first-order valence-corrected chi connectivity index (χ1v) is 8.92. The molecule has 0 saturated heterocycles. The Labute approximate surface area is 167 Å². The average Bonchev–Trinajstić information content (AvgIpc) is 2.68. The van der Waals surface area contributed by atoms with Crippen molar-refractivity contribution in [2.45, 2.75) is 6.61 Å². The van der Waals surface area contributed by atoms with Crippen molar-refractivity contribution in [1.82, 2.24) is 5.43 Å². The summed E-state index contributed by atoms with van der Waals surface area (Å²) in [6.07, 6.45) is 1.55. The Morgan fingerprint density at radius 1 is 1.00 bits per heavy atom. The van der Waals surface area contributed by atoms with Crippen LogP contribution in [0, 0.1) is 0 Å². The molecule has 0 atom stereocenters. The van der Waals surface area contributed by atoms with E-state index in [0.717, 1.165) is 11.1 Å². The Balaban J connectivity index is 1.59. The second-order valence-electron chi connectivity index (χ2n) is 5.66. The number of hydrogen-bond donors (Lipinski definition) is 1. The van der Waals surface area contributed by atoms with Crippen LogP contribution in [-0.2, 0) is 6.61 Å². The van der Waals surface area contributed by atoms with Gasteiger partial charge in [0.2, 0.25) is 0 Å². The lowest BCUT2D eigenvalue weighted by Gasteiger charge is -2.08. The molecule has 0 aliphatic carbocycles. The van der Waals surface area contributed by atoms with Gasteiger partial charge in [-0.3, -0.25) is 4.79 Å². The van der Waals surface area contributed by atoms with Crippen molar-refractivity contribution >= 4 is 35.3 Å². The number of nitrogens with zero attached hydrogens (tertiary/aromatic N) is 1. The molecule has 3 rings (SSSR count). The SMILES string of the molecule is O=C(N/N=C\c1cccc(OCc2ccccc2Cl)c1)c1cccc(Cl)c1.